The van der Waals surface area contributed by atoms with E-state index < -0.39 is 34.4 Å². The average molecular weight is 461 g/mol. The van der Waals surface area contributed by atoms with E-state index in [1.807, 2.05) is 13.8 Å². The molecule has 0 unspecified atom stereocenters. The number of urea groups is 1. The van der Waals surface area contributed by atoms with Gasteiger partial charge in [-0.2, -0.15) is 5.10 Å². The molecular formula is C18H25ClN4O6S. The fourth-order valence-corrected chi connectivity index (χ4v) is 4.84. The zero-order chi connectivity index (χ0) is 22.5. The van der Waals surface area contributed by atoms with Gasteiger partial charge >= 0.3 is 12.0 Å². The Morgan fingerprint density at radius 1 is 1.37 bits per heavy atom. The van der Waals surface area contributed by atoms with Crippen LogP contribution in [0.2, 0.25) is 5.15 Å². The Morgan fingerprint density at radius 2 is 2.07 bits per heavy atom. The van der Waals surface area contributed by atoms with E-state index >= 15 is 0 Å². The molecule has 0 aliphatic carbocycles. The molecule has 0 radical (unpaired) electrons. The van der Waals surface area contributed by atoms with Crippen molar-refractivity contribution in [2.24, 2.45) is 5.92 Å². The molecule has 1 saturated heterocycles. The number of amides is 3. The predicted molar refractivity (Wildman–Crippen MR) is 111 cm³/mol. The number of sulfone groups is 1. The number of nitrogens with zero attached hydrogens (tertiary/aromatic N) is 2. The molecule has 1 aromatic heterocycles. The standard InChI is InChI=1S/C18H25ClN4O6S/c1-11(2)8-20-18(26)21-15(24)9-29-16(25)5-4-14-12(3)22-23(17(14)19)13-6-7-30(27,28)10-13/h4-5,11,13H,6-10H2,1-3H3,(H2,20,21,24,26)/b5-4+/t13-/m0/s1. The van der Waals surface area contributed by atoms with E-state index in [4.69, 9.17) is 16.3 Å². The molecule has 0 spiro atoms. The van der Waals surface area contributed by atoms with Crippen LogP contribution in [0.15, 0.2) is 6.08 Å². The average Bonchev–Trinajstić information content (AvgIpc) is 3.15. The molecule has 0 aromatic carbocycles. The fraction of sp³-hybridized carbons (Fsp3) is 0.556. The van der Waals surface area contributed by atoms with Crippen LogP contribution in [0.5, 0.6) is 0 Å². The predicted octanol–water partition coefficient (Wildman–Crippen LogP) is 1.24. The molecule has 2 rings (SSSR count). The molecule has 30 heavy (non-hydrogen) atoms. The van der Waals surface area contributed by atoms with Crippen LogP contribution in [-0.4, -0.2) is 60.8 Å². The molecule has 0 bridgehead atoms. The second kappa shape index (κ2) is 10.1. The normalized spacial score (nSPS) is 18.0. The quantitative estimate of drug-likeness (QED) is 0.461. The van der Waals surface area contributed by atoms with Crippen LogP contribution in [-0.2, 0) is 24.2 Å². The summed E-state index contributed by atoms with van der Waals surface area (Å²) in [7, 11) is -3.10. The minimum atomic E-state index is -3.10. The summed E-state index contributed by atoms with van der Waals surface area (Å²) in [6.07, 6.45) is 2.90. The first kappa shape index (κ1) is 23.9. The van der Waals surface area contributed by atoms with E-state index in [9.17, 15) is 22.8 Å². The number of imide groups is 1. The summed E-state index contributed by atoms with van der Waals surface area (Å²) in [5.74, 6) is -1.28. The summed E-state index contributed by atoms with van der Waals surface area (Å²) < 4.78 is 29.6. The maximum atomic E-state index is 11.9. The van der Waals surface area contributed by atoms with E-state index in [0.717, 1.165) is 6.08 Å². The van der Waals surface area contributed by atoms with Crippen LogP contribution in [0.3, 0.4) is 0 Å². The Labute approximate surface area is 179 Å². The minimum Gasteiger partial charge on any atom is -0.452 e. The largest absolute Gasteiger partial charge is 0.452 e. The number of hydrogen-bond acceptors (Lipinski definition) is 7. The van der Waals surface area contributed by atoms with Gasteiger partial charge in [-0.15, -0.1) is 0 Å². The van der Waals surface area contributed by atoms with Crippen molar-refractivity contribution in [2.45, 2.75) is 33.2 Å². The molecule has 10 nitrogen and oxygen atoms in total. The number of aryl methyl sites for hydroxylation is 1. The molecule has 1 aliphatic rings. The number of rotatable bonds is 7. The van der Waals surface area contributed by atoms with Crippen molar-refractivity contribution >= 4 is 45.4 Å². The SMILES string of the molecule is Cc1nn([C@H]2CCS(=O)(=O)C2)c(Cl)c1/C=C/C(=O)OCC(=O)NC(=O)NCC(C)C. The van der Waals surface area contributed by atoms with Gasteiger partial charge < -0.3 is 10.1 Å². The van der Waals surface area contributed by atoms with Gasteiger partial charge in [0, 0.05) is 18.2 Å². The number of aromatic nitrogens is 2. The van der Waals surface area contributed by atoms with Crippen molar-refractivity contribution in [3.05, 3.63) is 22.5 Å². The van der Waals surface area contributed by atoms with Crippen LogP contribution in [0.1, 0.15) is 37.6 Å². The van der Waals surface area contributed by atoms with Crippen molar-refractivity contribution in [3.63, 3.8) is 0 Å². The van der Waals surface area contributed by atoms with Crippen LogP contribution in [0, 0.1) is 12.8 Å². The van der Waals surface area contributed by atoms with Crippen LogP contribution >= 0.6 is 11.6 Å². The van der Waals surface area contributed by atoms with Gasteiger partial charge in [0.2, 0.25) is 0 Å². The molecule has 166 valence electrons. The van der Waals surface area contributed by atoms with Gasteiger partial charge in [-0.25, -0.2) is 22.7 Å². The molecule has 3 amide bonds. The smallest absolute Gasteiger partial charge is 0.331 e. The van der Waals surface area contributed by atoms with Gasteiger partial charge in [-0.1, -0.05) is 25.4 Å². The summed E-state index contributed by atoms with van der Waals surface area (Å²) in [6.45, 7) is 5.28. The molecule has 2 N–H and O–H groups in total. The number of nitrogens with one attached hydrogen (secondary N) is 2. The maximum Gasteiger partial charge on any atom is 0.331 e. The first-order valence-corrected chi connectivity index (χ1v) is 11.6. The zero-order valence-corrected chi connectivity index (χ0v) is 18.5. The topological polar surface area (TPSA) is 136 Å². The second-order valence-electron chi connectivity index (χ2n) is 7.38. The number of halogens is 1. The summed E-state index contributed by atoms with van der Waals surface area (Å²) >= 11 is 6.32. The second-order valence-corrected chi connectivity index (χ2v) is 9.97. The minimum absolute atomic E-state index is 0.0289. The van der Waals surface area contributed by atoms with Gasteiger partial charge in [0.25, 0.3) is 5.91 Å². The highest BCUT2D eigenvalue weighted by molar-refractivity contribution is 7.91. The molecule has 1 aliphatic heterocycles. The van der Waals surface area contributed by atoms with E-state index in [2.05, 4.69) is 15.7 Å². The lowest BCUT2D eigenvalue weighted by Crippen LogP contribution is -2.42. The highest BCUT2D eigenvalue weighted by Gasteiger charge is 2.31. The molecule has 1 atom stereocenters. The molecule has 12 heteroatoms. The Bertz CT molecular complexity index is 954. The summed E-state index contributed by atoms with van der Waals surface area (Å²) in [5, 5.41) is 9.05. The molecule has 1 aromatic rings. The highest BCUT2D eigenvalue weighted by atomic mass is 35.5. The fourth-order valence-electron chi connectivity index (χ4n) is 2.77. The monoisotopic (exact) mass is 460 g/mol. The molecular weight excluding hydrogens is 436 g/mol. The third-order valence-corrected chi connectivity index (χ3v) is 6.41. The van der Waals surface area contributed by atoms with E-state index in [-0.39, 0.29) is 28.6 Å². The first-order valence-electron chi connectivity index (χ1n) is 9.36. The summed E-state index contributed by atoms with van der Waals surface area (Å²) in [6, 6.07) is -1.01. The van der Waals surface area contributed by atoms with Crippen molar-refractivity contribution in [2.75, 3.05) is 24.7 Å². The molecule has 0 saturated carbocycles. The first-order chi connectivity index (χ1) is 14.0. The van der Waals surface area contributed by atoms with Gasteiger partial charge in [-0.3, -0.25) is 10.1 Å². The lowest BCUT2D eigenvalue weighted by Gasteiger charge is -2.09. The summed E-state index contributed by atoms with van der Waals surface area (Å²) in [5.41, 5.74) is 0.975. The van der Waals surface area contributed by atoms with E-state index in [0.29, 0.717) is 24.2 Å². The highest BCUT2D eigenvalue weighted by Crippen LogP contribution is 2.30. The lowest BCUT2D eigenvalue weighted by atomic mass is 10.2. The lowest BCUT2D eigenvalue weighted by molar-refractivity contribution is -0.143. The van der Waals surface area contributed by atoms with Crippen LogP contribution < -0.4 is 10.6 Å². The number of hydrogen-bond donors (Lipinski definition) is 2. The molecule has 2 heterocycles. The third-order valence-electron chi connectivity index (χ3n) is 4.28. The van der Waals surface area contributed by atoms with Gasteiger partial charge in [0.15, 0.2) is 16.4 Å². The number of ether oxygens (including phenoxy) is 1. The van der Waals surface area contributed by atoms with Gasteiger partial charge in [0.1, 0.15) is 5.15 Å². The molecule has 1 fully saturated rings. The van der Waals surface area contributed by atoms with E-state index in [1.54, 1.807) is 6.92 Å². The van der Waals surface area contributed by atoms with Gasteiger partial charge in [0.05, 0.1) is 23.2 Å². The van der Waals surface area contributed by atoms with E-state index in [1.165, 1.54) is 10.8 Å². The summed E-state index contributed by atoms with van der Waals surface area (Å²) in [4.78, 5) is 35.0. The van der Waals surface area contributed by atoms with Crippen LogP contribution in [0.25, 0.3) is 6.08 Å². The Kier molecular flexibility index (Phi) is 8.02. The Morgan fingerprint density at radius 3 is 2.67 bits per heavy atom. The third kappa shape index (κ3) is 6.84. The number of carbonyl (C=O) groups is 3. The van der Waals surface area contributed by atoms with Crippen molar-refractivity contribution in [3.8, 4) is 0 Å². The van der Waals surface area contributed by atoms with Crippen molar-refractivity contribution in [1.82, 2.24) is 20.4 Å². The van der Waals surface area contributed by atoms with Crippen molar-refractivity contribution < 1.29 is 27.5 Å². The van der Waals surface area contributed by atoms with Crippen LogP contribution in [0.4, 0.5) is 4.79 Å². The van der Waals surface area contributed by atoms with Gasteiger partial charge in [-0.05, 0) is 25.3 Å². The Balaban J connectivity index is 1.89. The number of carbonyl (C=O) groups excluding carboxylic acids is 3. The number of esters is 1. The Hall–Kier alpha value is -2.40. The van der Waals surface area contributed by atoms with Crippen molar-refractivity contribution in [1.29, 1.82) is 0 Å². The maximum absolute atomic E-state index is 11.9. The zero-order valence-electron chi connectivity index (χ0n) is 17.0.